The number of morpholine rings is 1. The van der Waals surface area contributed by atoms with Crippen LogP contribution in [0.4, 0.5) is 0 Å². The van der Waals surface area contributed by atoms with E-state index in [0.717, 1.165) is 31.7 Å². The predicted octanol–water partition coefficient (Wildman–Crippen LogP) is 2.31. The molecule has 0 radical (unpaired) electrons. The van der Waals surface area contributed by atoms with Crippen LogP contribution in [0, 0.1) is 11.3 Å². The second kappa shape index (κ2) is 6.11. The quantitative estimate of drug-likeness (QED) is 0.819. The van der Waals surface area contributed by atoms with Crippen LogP contribution < -0.4 is 10.6 Å². The lowest BCUT2D eigenvalue weighted by atomic mass is 9.87. The van der Waals surface area contributed by atoms with E-state index in [4.69, 9.17) is 4.74 Å². The molecule has 0 aromatic carbocycles. The first-order chi connectivity index (χ1) is 9.27. The molecule has 19 heavy (non-hydrogen) atoms. The Hall–Kier alpha value is -0.120. The molecule has 3 rings (SSSR count). The number of rotatable bonds is 4. The topological polar surface area (TPSA) is 33.3 Å². The Balaban J connectivity index is 1.51. The number of nitrogens with one attached hydrogen (secondary N) is 2. The molecule has 0 amide bonds. The maximum absolute atomic E-state index is 5.65. The second-order valence-electron chi connectivity index (χ2n) is 7.24. The second-order valence-corrected chi connectivity index (χ2v) is 7.24. The molecule has 3 fully saturated rings. The average molecular weight is 266 g/mol. The highest BCUT2D eigenvalue weighted by atomic mass is 16.5. The molecule has 2 aliphatic carbocycles. The molecule has 0 spiro atoms. The molecule has 3 atom stereocenters. The van der Waals surface area contributed by atoms with Gasteiger partial charge in [0.15, 0.2) is 0 Å². The van der Waals surface area contributed by atoms with Gasteiger partial charge in [0.25, 0.3) is 0 Å². The van der Waals surface area contributed by atoms with E-state index in [1.165, 1.54) is 51.5 Å². The molecule has 1 aliphatic heterocycles. The fraction of sp³-hybridized carbons (Fsp3) is 1.00. The maximum atomic E-state index is 5.65. The SMILES string of the molecule is CC1(CNC2CCCC2C2COCCN2)CCCC1. The summed E-state index contributed by atoms with van der Waals surface area (Å²) in [5.41, 5.74) is 0.573. The summed E-state index contributed by atoms with van der Waals surface area (Å²) >= 11 is 0. The monoisotopic (exact) mass is 266 g/mol. The van der Waals surface area contributed by atoms with E-state index in [1.807, 2.05) is 0 Å². The van der Waals surface area contributed by atoms with Crippen molar-refractivity contribution in [2.24, 2.45) is 11.3 Å². The zero-order valence-electron chi connectivity index (χ0n) is 12.4. The van der Waals surface area contributed by atoms with Crippen LogP contribution in [-0.4, -0.2) is 38.4 Å². The van der Waals surface area contributed by atoms with Crippen molar-refractivity contribution in [3.63, 3.8) is 0 Å². The van der Waals surface area contributed by atoms with Gasteiger partial charge in [-0.15, -0.1) is 0 Å². The summed E-state index contributed by atoms with van der Waals surface area (Å²) in [5.74, 6) is 0.783. The Morgan fingerprint density at radius 1 is 1.21 bits per heavy atom. The van der Waals surface area contributed by atoms with Crippen LogP contribution >= 0.6 is 0 Å². The van der Waals surface area contributed by atoms with Crippen LogP contribution in [0.25, 0.3) is 0 Å². The van der Waals surface area contributed by atoms with Gasteiger partial charge in [-0.3, -0.25) is 0 Å². The molecule has 0 bridgehead atoms. The van der Waals surface area contributed by atoms with Gasteiger partial charge in [0, 0.05) is 25.2 Å². The van der Waals surface area contributed by atoms with Crippen molar-refractivity contribution in [1.82, 2.24) is 10.6 Å². The highest BCUT2D eigenvalue weighted by Gasteiger charge is 2.36. The molecular formula is C16H30N2O. The summed E-state index contributed by atoms with van der Waals surface area (Å²) in [7, 11) is 0. The Morgan fingerprint density at radius 3 is 2.79 bits per heavy atom. The van der Waals surface area contributed by atoms with Crippen molar-refractivity contribution in [3.8, 4) is 0 Å². The summed E-state index contributed by atoms with van der Waals surface area (Å²) < 4.78 is 5.65. The molecule has 0 aromatic rings. The van der Waals surface area contributed by atoms with Crippen LogP contribution in [0.3, 0.4) is 0 Å². The zero-order chi connectivity index (χ0) is 13.1. The van der Waals surface area contributed by atoms with E-state index < -0.39 is 0 Å². The van der Waals surface area contributed by atoms with Crippen molar-refractivity contribution in [2.75, 3.05) is 26.3 Å². The molecule has 3 aliphatic rings. The molecule has 2 saturated carbocycles. The summed E-state index contributed by atoms with van der Waals surface area (Å²) in [5, 5.41) is 7.58. The van der Waals surface area contributed by atoms with Gasteiger partial charge in [-0.25, -0.2) is 0 Å². The fourth-order valence-electron chi connectivity index (χ4n) is 4.37. The summed E-state index contributed by atoms with van der Waals surface area (Å²) in [4.78, 5) is 0. The molecule has 3 unspecified atom stereocenters. The fourth-order valence-corrected chi connectivity index (χ4v) is 4.37. The summed E-state index contributed by atoms with van der Waals surface area (Å²) in [6.07, 6.45) is 9.82. The van der Waals surface area contributed by atoms with E-state index in [-0.39, 0.29) is 0 Å². The average Bonchev–Trinajstić information content (AvgIpc) is 3.07. The highest BCUT2D eigenvalue weighted by Crippen LogP contribution is 2.38. The van der Waals surface area contributed by atoms with Crippen molar-refractivity contribution in [3.05, 3.63) is 0 Å². The van der Waals surface area contributed by atoms with E-state index in [2.05, 4.69) is 17.6 Å². The van der Waals surface area contributed by atoms with Gasteiger partial charge in [0.1, 0.15) is 0 Å². The van der Waals surface area contributed by atoms with Gasteiger partial charge >= 0.3 is 0 Å². The van der Waals surface area contributed by atoms with Crippen LogP contribution in [0.5, 0.6) is 0 Å². The minimum absolute atomic E-state index is 0.573. The largest absolute Gasteiger partial charge is 0.379 e. The molecule has 0 aromatic heterocycles. The van der Waals surface area contributed by atoms with Gasteiger partial charge < -0.3 is 15.4 Å². The number of hydrogen-bond acceptors (Lipinski definition) is 3. The van der Waals surface area contributed by atoms with Crippen LogP contribution in [0.2, 0.25) is 0 Å². The Kier molecular flexibility index (Phi) is 4.45. The summed E-state index contributed by atoms with van der Waals surface area (Å²) in [6, 6.07) is 1.31. The Morgan fingerprint density at radius 2 is 2.05 bits per heavy atom. The van der Waals surface area contributed by atoms with Gasteiger partial charge in [0.2, 0.25) is 0 Å². The van der Waals surface area contributed by atoms with Crippen molar-refractivity contribution < 1.29 is 4.74 Å². The first-order valence-corrected chi connectivity index (χ1v) is 8.31. The highest BCUT2D eigenvalue weighted by molar-refractivity contribution is 4.93. The first-order valence-electron chi connectivity index (χ1n) is 8.31. The zero-order valence-corrected chi connectivity index (χ0v) is 12.4. The van der Waals surface area contributed by atoms with Crippen LogP contribution in [-0.2, 0) is 4.74 Å². The van der Waals surface area contributed by atoms with E-state index in [9.17, 15) is 0 Å². The lowest BCUT2D eigenvalue weighted by molar-refractivity contribution is 0.0517. The smallest absolute Gasteiger partial charge is 0.0623 e. The minimum Gasteiger partial charge on any atom is -0.379 e. The predicted molar refractivity (Wildman–Crippen MR) is 78.3 cm³/mol. The normalized spacial score (nSPS) is 38.7. The molecule has 1 saturated heterocycles. The Labute approximate surface area is 117 Å². The molecule has 3 nitrogen and oxygen atoms in total. The maximum Gasteiger partial charge on any atom is 0.0623 e. The Bertz CT molecular complexity index is 282. The van der Waals surface area contributed by atoms with E-state index >= 15 is 0 Å². The van der Waals surface area contributed by atoms with Crippen LogP contribution in [0.15, 0.2) is 0 Å². The van der Waals surface area contributed by atoms with Gasteiger partial charge in [-0.05, 0) is 37.0 Å². The number of hydrogen-bond donors (Lipinski definition) is 2. The lowest BCUT2D eigenvalue weighted by Gasteiger charge is -2.35. The lowest BCUT2D eigenvalue weighted by Crippen LogP contribution is -2.51. The third-order valence-electron chi connectivity index (χ3n) is 5.64. The van der Waals surface area contributed by atoms with E-state index in [0.29, 0.717) is 11.5 Å². The molecule has 2 N–H and O–H groups in total. The molecule has 110 valence electrons. The third-order valence-corrected chi connectivity index (χ3v) is 5.64. The molecule has 1 heterocycles. The standard InChI is InChI=1S/C16H30N2O/c1-16(7-2-3-8-16)12-18-14-6-4-5-13(14)15-11-19-10-9-17-15/h13-15,17-18H,2-12H2,1H3. The van der Waals surface area contributed by atoms with Gasteiger partial charge in [-0.2, -0.15) is 0 Å². The number of ether oxygens (including phenoxy) is 1. The first kappa shape index (κ1) is 13.8. The molecular weight excluding hydrogens is 236 g/mol. The van der Waals surface area contributed by atoms with E-state index in [1.54, 1.807) is 0 Å². The molecule has 3 heteroatoms. The van der Waals surface area contributed by atoms with Crippen molar-refractivity contribution >= 4 is 0 Å². The minimum atomic E-state index is 0.573. The summed E-state index contributed by atoms with van der Waals surface area (Å²) in [6.45, 7) is 6.53. The van der Waals surface area contributed by atoms with Gasteiger partial charge in [0.05, 0.1) is 13.2 Å². The van der Waals surface area contributed by atoms with Gasteiger partial charge in [-0.1, -0.05) is 26.2 Å². The van der Waals surface area contributed by atoms with Crippen molar-refractivity contribution in [2.45, 2.75) is 64.0 Å². The van der Waals surface area contributed by atoms with Crippen molar-refractivity contribution in [1.29, 1.82) is 0 Å². The third kappa shape index (κ3) is 3.32. The van der Waals surface area contributed by atoms with Crippen LogP contribution in [0.1, 0.15) is 51.9 Å².